The molecule has 0 atom stereocenters. The fourth-order valence-corrected chi connectivity index (χ4v) is 4.62. The van der Waals surface area contributed by atoms with E-state index in [9.17, 15) is 9.59 Å². The molecule has 2 aromatic heterocycles. The number of esters is 1. The van der Waals surface area contributed by atoms with Crippen molar-refractivity contribution >= 4 is 27.5 Å². The highest BCUT2D eigenvalue weighted by molar-refractivity contribution is 7.18. The number of thiophene rings is 1. The van der Waals surface area contributed by atoms with Crippen molar-refractivity contribution < 1.29 is 9.53 Å². The van der Waals surface area contributed by atoms with Gasteiger partial charge in [-0.2, -0.15) is 0 Å². The lowest BCUT2D eigenvalue weighted by Crippen LogP contribution is -2.29. The summed E-state index contributed by atoms with van der Waals surface area (Å²) in [4.78, 5) is 33.9. The van der Waals surface area contributed by atoms with Crippen molar-refractivity contribution in [3.05, 3.63) is 26.6 Å². The standard InChI is InChI=1S/C18H25N3O3S/c1-4-24-15(22)9-10-21-14(11-20(2)3)19-17-16(18(21)23)12-7-5-6-8-13(12)25-17/h4-11H2,1-3H3. The molecule has 0 fully saturated rings. The minimum absolute atomic E-state index is 0.00875. The molecule has 0 saturated carbocycles. The molecule has 1 aliphatic carbocycles. The maximum atomic E-state index is 13.2. The van der Waals surface area contributed by atoms with Gasteiger partial charge in [0.1, 0.15) is 10.7 Å². The van der Waals surface area contributed by atoms with Crippen molar-refractivity contribution in [2.45, 2.75) is 52.1 Å². The van der Waals surface area contributed by atoms with Gasteiger partial charge in [0.15, 0.2) is 0 Å². The molecule has 0 bridgehead atoms. The van der Waals surface area contributed by atoms with E-state index in [2.05, 4.69) is 0 Å². The molecule has 0 spiro atoms. The van der Waals surface area contributed by atoms with E-state index >= 15 is 0 Å². The summed E-state index contributed by atoms with van der Waals surface area (Å²) >= 11 is 1.66. The lowest BCUT2D eigenvalue weighted by molar-refractivity contribution is -0.143. The van der Waals surface area contributed by atoms with Gasteiger partial charge in [-0.15, -0.1) is 11.3 Å². The molecule has 0 saturated heterocycles. The van der Waals surface area contributed by atoms with Gasteiger partial charge in [-0.1, -0.05) is 0 Å². The van der Waals surface area contributed by atoms with Crippen molar-refractivity contribution in [3.63, 3.8) is 0 Å². The number of aromatic nitrogens is 2. The molecule has 0 N–H and O–H groups in total. The summed E-state index contributed by atoms with van der Waals surface area (Å²) in [5.41, 5.74) is 1.18. The SMILES string of the molecule is CCOC(=O)CCn1c(CN(C)C)nc2sc3c(c2c1=O)CCCC3. The van der Waals surface area contributed by atoms with Crippen molar-refractivity contribution in [2.24, 2.45) is 0 Å². The Bertz CT molecular complexity index is 838. The molecule has 25 heavy (non-hydrogen) atoms. The lowest BCUT2D eigenvalue weighted by Gasteiger charge is -2.16. The minimum atomic E-state index is -0.280. The number of fused-ring (bicyclic) bond motifs is 3. The van der Waals surface area contributed by atoms with Crippen molar-refractivity contribution in [1.29, 1.82) is 0 Å². The number of nitrogens with zero attached hydrogens (tertiary/aromatic N) is 3. The van der Waals surface area contributed by atoms with E-state index in [1.54, 1.807) is 22.8 Å². The van der Waals surface area contributed by atoms with Gasteiger partial charge in [-0.05, 0) is 52.3 Å². The Labute approximate surface area is 151 Å². The molecule has 0 aliphatic heterocycles. The van der Waals surface area contributed by atoms with Crippen LogP contribution in [0.25, 0.3) is 10.2 Å². The third kappa shape index (κ3) is 3.77. The lowest BCUT2D eigenvalue weighted by atomic mass is 9.97. The highest BCUT2D eigenvalue weighted by Crippen LogP contribution is 2.33. The average molecular weight is 363 g/mol. The molecule has 0 aromatic carbocycles. The highest BCUT2D eigenvalue weighted by atomic mass is 32.1. The summed E-state index contributed by atoms with van der Waals surface area (Å²) in [5, 5.41) is 0.770. The van der Waals surface area contributed by atoms with E-state index in [1.807, 2.05) is 19.0 Å². The van der Waals surface area contributed by atoms with Gasteiger partial charge in [0, 0.05) is 11.4 Å². The fourth-order valence-electron chi connectivity index (χ4n) is 3.35. The van der Waals surface area contributed by atoms with Gasteiger partial charge in [-0.3, -0.25) is 14.2 Å². The van der Waals surface area contributed by atoms with E-state index in [-0.39, 0.29) is 17.9 Å². The van der Waals surface area contributed by atoms with Crippen LogP contribution in [0, 0.1) is 0 Å². The number of hydrogen-bond donors (Lipinski definition) is 0. The Hall–Kier alpha value is -1.73. The van der Waals surface area contributed by atoms with Crippen LogP contribution in [0.4, 0.5) is 0 Å². The Morgan fingerprint density at radius 2 is 2.08 bits per heavy atom. The molecule has 2 heterocycles. The molecule has 0 amide bonds. The summed E-state index contributed by atoms with van der Waals surface area (Å²) in [6.07, 6.45) is 4.49. The molecule has 0 radical (unpaired) electrons. The Morgan fingerprint density at radius 3 is 2.80 bits per heavy atom. The molecule has 6 nitrogen and oxygen atoms in total. The average Bonchev–Trinajstić information content (AvgIpc) is 2.92. The van der Waals surface area contributed by atoms with Crippen molar-refractivity contribution in [2.75, 3.05) is 20.7 Å². The molecule has 1 aliphatic rings. The van der Waals surface area contributed by atoms with Crippen LogP contribution in [0.2, 0.25) is 0 Å². The van der Waals surface area contributed by atoms with Crippen LogP contribution in [0.15, 0.2) is 4.79 Å². The fraction of sp³-hybridized carbons (Fsp3) is 0.611. The number of carbonyl (C=O) groups excluding carboxylic acids is 1. The van der Waals surface area contributed by atoms with Crippen molar-refractivity contribution in [1.82, 2.24) is 14.5 Å². The number of aryl methyl sites for hydroxylation is 2. The van der Waals surface area contributed by atoms with Gasteiger partial charge in [0.05, 0.1) is 25.0 Å². The predicted octanol–water partition coefficient (Wildman–Crippen LogP) is 2.35. The van der Waals surface area contributed by atoms with Crippen LogP contribution in [0.1, 0.15) is 42.5 Å². The molecule has 0 unspecified atom stereocenters. The zero-order chi connectivity index (χ0) is 18.0. The van der Waals surface area contributed by atoms with Crippen LogP contribution in [-0.2, 0) is 35.5 Å². The first-order chi connectivity index (χ1) is 12.0. The van der Waals surface area contributed by atoms with Gasteiger partial charge in [0.2, 0.25) is 0 Å². The Balaban J connectivity index is 2.06. The van der Waals surface area contributed by atoms with Crippen molar-refractivity contribution in [3.8, 4) is 0 Å². The van der Waals surface area contributed by atoms with E-state index in [4.69, 9.17) is 9.72 Å². The van der Waals surface area contributed by atoms with E-state index in [1.165, 1.54) is 16.9 Å². The molecular weight excluding hydrogens is 338 g/mol. The second-order valence-electron chi connectivity index (χ2n) is 6.67. The second-order valence-corrected chi connectivity index (χ2v) is 7.75. The number of carbonyl (C=O) groups is 1. The van der Waals surface area contributed by atoms with Crippen LogP contribution in [-0.4, -0.2) is 41.1 Å². The van der Waals surface area contributed by atoms with E-state index in [0.717, 1.165) is 29.5 Å². The normalized spacial score (nSPS) is 14.1. The Kier molecular flexibility index (Phi) is 5.54. The largest absolute Gasteiger partial charge is 0.466 e. The van der Waals surface area contributed by atoms with Gasteiger partial charge in [0.25, 0.3) is 5.56 Å². The third-order valence-corrected chi connectivity index (χ3v) is 5.64. The second kappa shape index (κ2) is 7.66. The first kappa shape index (κ1) is 18.1. The smallest absolute Gasteiger partial charge is 0.307 e. The molecule has 136 valence electrons. The van der Waals surface area contributed by atoms with E-state index in [0.29, 0.717) is 25.5 Å². The van der Waals surface area contributed by atoms with E-state index < -0.39 is 0 Å². The highest BCUT2D eigenvalue weighted by Gasteiger charge is 2.22. The van der Waals surface area contributed by atoms with Crippen LogP contribution < -0.4 is 5.56 Å². The maximum absolute atomic E-state index is 13.2. The monoisotopic (exact) mass is 363 g/mol. The summed E-state index contributed by atoms with van der Waals surface area (Å²) in [6, 6.07) is 0. The quantitative estimate of drug-likeness (QED) is 0.737. The maximum Gasteiger partial charge on any atom is 0.307 e. The molecule has 7 heteroatoms. The Morgan fingerprint density at radius 1 is 1.32 bits per heavy atom. The minimum Gasteiger partial charge on any atom is -0.466 e. The zero-order valence-electron chi connectivity index (χ0n) is 15.1. The van der Waals surface area contributed by atoms with Crippen LogP contribution >= 0.6 is 11.3 Å². The van der Waals surface area contributed by atoms with Gasteiger partial charge < -0.3 is 9.64 Å². The number of ether oxygens (including phenoxy) is 1. The number of hydrogen-bond acceptors (Lipinski definition) is 6. The zero-order valence-corrected chi connectivity index (χ0v) is 15.9. The molecule has 3 rings (SSSR count). The van der Waals surface area contributed by atoms with Gasteiger partial charge in [-0.25, -0.2) is 4.98 Å². The predicted molar refractivity (Wildman–Crippen MR) is 99.2 cm³/mol. The van der Waals surface area contributed by atoms with Crippen LogP contribution in [0.3, 0.4) is 0 Å². The summed E-state index contributed by atoms with van der Waals surface area (Å²) in [7, 11) is 3.90. The topological polar surface area (TPSA) is 64.4 Å². The molecule has 2 aromatic rings. The van der Waals surface area contributed by atoms with Gasteiger partial charge >= 0.3 is 5.97 Å². The first-order valence-electron chi connectivity index (χ1n) is 8.85. The number of rotatable bonds is 6. The summed E-state index contributed by atoms with van der Waals surface area (Å²) in [5.74, 6) is 0.433. The first-order valence-corrected chi connectivity index (χ1v) is 9.67. The summed E-state index contributed by atoms with van der Waals surface area (Å²) < 4.78 is 6.67. The molecular formula is C18H25N3O3S. The van der Waals surface area contributed by atoms with Crippen LogP contribution in [0.5, 0.6) is 0 Å². The third-order valence-electron chi connectivity index (χ3n) is 4.46. The summed E-state index contributed by atoms with van der Waals surface area (Å²) in [6.45, 7) is 3.02.